The molecule has 2 N–H and O–H groups in total. The van der Waals surface area contributed by atoms with Crippen LogP contribution in [0, 0.1) is 0 Å². The first kappa shape index (κ1) is 9.44. The molecule has 1 rings (SSSR count). The SMILES string of the molecule is CC(N)=Nc1cncnc1N(C)C. The fourth-order valence-electron chi connectivity index (χ4n) is 0.929. The highest BCUT2D eigenvalue weighted by molar-refractivity contribution is 5.82. The van der Waals surface area contributed by atoms with Gasteiger partial charge in [0, 0.05) is 14.1 Å². The van der Waals surface area contributed by atoms with Gasteiger partial charge in [-0.2, -0.15) is 0 Å². The maximum atomic E-state index is 5.47. The lowest BCUT2D eigenvalue weighted by Crippen LogP contribution is -2.12. The number of hydrogen-bond acceptors (Lipinski definition) is 4. The number of nitrogens with zero attached hydrogens (tertiary/aromatic N) is 4. The minimum atomic E-state index is 0.498. The van der Waals surface area contributed by atoms with Crippen molar-refractivity contribution in [3.63, 3.8) is 0 Å². The van der Waals surface area contributed by atoms with Crippen LogP contribution in [-0.2, 0) is 0 Å². The van der Waals surface area contributed by atoms with Gasteiger partial charge in [-0.15, -0.1) is 0 Å². The summed E-state index contributed by atoms with van der Waals surface area (Å²) in [5.74, 6) is 1.26. The summed E-state index contributed by atoms with van der Waals surface area (Å²) in [5.41, 5.74) is 6.16. The van der Waals surface area contributed by atoms with Gasteiger partial charge in [0.15, 0.2) is 5.82 Å². The zero-order valence-corrected chi connectivity index (χ0v) is 8.02. The lowest BCUT2D eigenvalue weighted by molar-refractivity contribution is 1.03. The van der Waals surface area contributed by atoms with Crippen LogP contribution in [0.2, 0.25) is 0 Å². The molecule has 0 radical (unpaired) electrons. The maximum Gasteiger partial charge on any atom is 0.157 e. The van der Waals surface area contributed by atoms with Crippen molar-refractivity contribution in [3.05, 3.63) is 12.5 Å². The number of aliphatic imine (C=N–C) groups is 1. The fraction of sp³-hybridized carbons (Fsp3) is 0.375. The van der Waals surface area contributed by atoms with Gasteiger partial charge in [-0.05, 0) is 6.92 Å². The fourth-order valence-corrected chi connectivity index (χ4v) is 0.929. The van der Waals surface area contributed by atoms with Gasteiger partial charge in [0.1, 0.15) is 12.0 Å². The number of rotatable bonds is 2. The molecule has 1 heterocycles. The number of hydrogen-bond donors (Lipinski definition) is 1. The van der Waals surface area contributed by atoms with Gasteiger partial charge in [-0.1, -0.05) is 0 Å². The molecule has 0 aliphatic rings. The molecule has 70 valence electrons. The Morgan fingerprint density at radius 3 is 2.77 bits per heavy atom. The number of aromatic nitrogens is 2. The molecule has 0 atom stereocenters. The van der Waals surface area contributed by atoms with E-state index in [1.54, 1.807) is 13.1 Å². The van der Waals surface area contributed by atoms with Crippen LogP contribution in [0.3, 0.4) is 0 Å². The molecule has 0 bridgehead atoms. The minimum Gasteiger partial charge on any atom is -0.387 e. The third-order valence-corrected chi connectivity index (χ3v) is 1.39. The van der Waals surface area contributed by atoms with Crippen LogP contribution in [0.15, 0.2) is 17.5 Å². The van der Waals surface area contributed by atoms with E-state index in [9.17, 15) is 0 Å². The van der Waals surface area contributed by atoms with Crippen molar-refractivity contribution < 1.29 is 0 Å². The van der Waals surface area contributed by atoms with E-state index in [0.717, 1.165) is 5.82 Å². The van der Waals surface area contributed by atoms with Crippen molar-refractivity contribution in [2.45, 2.75) is 6.92 Å². The highest BCUT2D eigenvalue weighted by atomic mass is 15.2. The Morgan fingerprint density at radius 2 is 2.23 bits per heavy atom. The summed E-state index contributed by atoms with van der Waals surface area (Å²) < 4.78 is 0. The molecule has 0 amide bonds. The summed E-state index contributed by atoms with van der Waals surface area (Å²) in [5, 5.41) is 0. The first-order chi connectivity index (χ1) is 6.11. The normalized spacial score (nSPS) is 11.5. The second kappa shape index (κ2) is 3.84. The minimum absolute atomic E-state index is 0.498. The van der Waals surface area contributed by atoms with Gasteiger partial charge >= 0.3 is 0 Å². The average molecular weight is 179 g/mol. The van der Waals surface area contributed by atoms with E-state index in [1.807, 2.05) is 19.0 Å². The third-order valence-electron chi connectivity index (χ3n) is 1.39. The lowest BCUT2D eigenvalue weighted by atomic mass is 10.4. The first-order valence-corrected chi connectivity index (χ1v) is 3.89. The van der Waals surface area contributed by atoms with Crippen LogP contribution < -0.4 is 10.6 Å². The van der Waals surface area contributed by atoms with Crippen molar-refractivity contribution >= 4 is 17.3 Å². The third kappa shape index (κ3) is 2.40. The van der Waals surface area contributed by atoms with Crippen LogP contribution in [0.25, 0.3) is 0 Å². The van der Waals surface area contributed by atoms with Crippen LogP contribution in [0.1, 0.15) is 6.92 Å². The van der Waals surface area contributed by atoms with E-state index in [4.69, 9.17) is 5.73 Å². The lowest BCUT2D eigenvalue weighted by Gasteiger charge is -2.12. The molecular weight excluding hydrogens is 166 g/mol. The molecule has 0 aliphatic carbocycles. The van der Waals surface area contributed by atoms with E-state index in [2.05, 4.69) is 15.0 Å². The summed E-state index contributed by atoms with van der Waals surface area (Å²) >= 11 is 0. The Kier molecular flexibility index (Phi) is 2.79. The van der Waals surface area contributed by atoms with Gasteiger partial charge in [0.25, 0.3) is 0 Å². The molecule has 0 spiro atoms. The molecule has 1 aromatic heterocycles. The molecule has 0 fully saturated rings. The van der Waals surface area contributed by atoms with E-state index >= 15 is 0 Å². The summed E-state index contributed by atoms with van der Waals surface area (Å²) in [4.78, 5) is 13.9. The second-order valence-corrected chi connectivity index (χ2v) is 2.88. The van der Waals surface area contributed by atoms with Gasteiger partial charge in [0.05, 0.1) is 12.0 Å². The van der Waals surface area contributed by atoms with Crippen molar-refractivity contribution in [2.24, 2.45) is 10.7 Å². The molecule has 0 saturated carbocycles. The monoisotopic (exact) mass is 179 g/mol. The van der Waals surface area contributed by atoms with Gasteiger partial charge < -0.3 is 10.6 Å². The number of anilines is 1. The van der Waals surface area contributed by atoms with Crippen LogP contribution in [0.5, 0.6) is 0 Å². The van der Waals surface area contributed by atoms with Gasteiger partial charge in [-0.3, -0.25) is 0 Å². The van der Waals surface area contributed by atoms with Crippen molar-refractivity contribution in [3.8, 4) is 0 Å². The topological polar surface area (TPSA) is 67.4 Å². The number of nitrogens with two attached hydrogens (primary N) is 1. The van der Waals surface area contributed by atoms with Gasteiger partial charge in [-0.25, -0.2) is 15.0 Å². The zero-order chi connectivity index (χ0) is 9.84. The zero-order valence-electron chi connectivity index (χ0n) is 8.02. The highest BCUT2D eigenvalue weighted by Crippen LogP contribution is 2.22. The molecular formula is C8H13N5. The van der Waals surface area contributed by atoms with Crippen molar-refractivity contribution in [1.29, 1.82) is 0 Å². The van der Waals surface area contributed by atoms with Crippen molar-refractivity contribution in [2.75, 3.05) is 19.0 Å². The molecule has 13 heavy (non-hydrogen) atoms. The van der Waals surface area contributed by atoms with E-state index in [0.29, 0.717) is 11.5 Å². The van der Waals surface area contributed by atoms with Crippen LogP contribution in [0.4, 0.5) is 11.5 Å². The maximum absolute atomic E-state index is 5.47. The summed E-state index contributed by atoms with van der Waals surface area (Å²) in [7, 11) is 3.79. The Bertz CT molecular complexity index is 314. The summed E-state index contributed by atoms with van der Waals surface area (Å²) in [6.07, 6.45) is 3.12. The quantitative estimate of drug-likeness (QED) is 0.532. The smallest absolute Gasteiger partial charge is 0.157 e. The van der Waals surface area contributed by atoms with Crippen molar-refractivity contribution in [1.82, 2.24) is 9.97 Å². The second-order valence-electron chi connectivity index (χ2n) is 2.88. The molecule has 5 heteroatoms. The van der Waals surface area contributed by atoms with E-state index < -0.39 is 0 Å². The summed E-state index contributed by atoms with van der Waals surface area (Å²) in [6.45, 7) is 1.73. The number of amidine groups is 1. The Labute approximate surface area is 77.3 Å². The molecule has 0 aliphatic heterocycles. The largest absolute Gasteiger partial charge is 0.387 e. The molecule has 0 unspecified atom stereocenters. The summed E-state index contributed by atoms with van der Waals surface area (Å²) in [6, 6.07) is 0. The highest BCUT2D eigenvalue weighted by Gasteiger charge is 2.03. The first-order valence-electron chi connectivity index (χ1n) is 3.89. The standard InChI is InChI=1S/C8H13N5/c1-6(9)12-7-4-10-5-11-8(7)13(2)3/h4-5H,1-3H3,(H2,9,12). The Balaban J connectivity index is 3.12. The predicted molar refractivity (Wildman–Crippen MR) is 53.3 cm³/mol. The molecule has 5 nitrogen and oxygen atoms in total. The van der Waals surface area contributed by atoms with Gasteiger partial charge in [0.2, 0.25) is 0 Å². The molecule has 0 saturated heterocycles. The molecule has 1 aromatic rings. The predicted octanol–water partition coefficient (Wildman–Crippen LogP) is 0.551. The van der Waals surface area contributed by atoms with Crippen LogP contribution >= 0.6 is 0 Å². The van der Waals surface area contributed by atoms with Crippen LogP contribution in [-0.4, -0.2) is 29.9 Å². The average Bonchev–Trinajstić information content (AvgIpc) is 2.03. The van der Waals surface area contributed by atoms with E-state index in [1.165, 1.54) is 6.33 Å². The van der Waals surface area contributed by atoms with E-state index in [-0.39, 0.29) is 0 Å². The molecule has 0 aromatic carbocycles. The Hall–Kier alpha value is -1.65. The Morgan fingerprint density at radius 1 is 1.54 bits per heavy atom.